The predicted molar refractivity (Wildman–Crippen MR) is 104 cm³/mol. The van der Waals surface area contributed by atoms with E-state index in [-0.39, 0.29) is 11.3 Å². The van der Waals surface area contributed by atoms with E-state index in [2.05, 4.69) is 10.1 Å². The first-order valence-corrected chi connectivity index (χ1v) is 10.3. The fourth-order valence-corrected chi connectivity index (χ4v) is 4.89. The van der Waals surface area contributed by atoms with Crippen molar-refractivity contribution < 1.29 is 18.1 Å². The molecule has 29 heavy (non-hydrogen) atoms. The van der Waals surface area contributed by atoms with Crippen LogP contribution in [-0.4, -0.2) is 47.0 Å². The van der Waals surface area contributed by atoms with Gasteiger partial charge in [-0.15, -0.1) is 0 Å². The van der Waals surface area contributed by atoms with Crippen molar-refractivity contribution in [1.82, 2.24) is 15.0 Å². The number of carbonyl (C=O) groups excluding carboxylic acids is 1. The minimum Gasteiger partial charge on any atom is -0.361 e. The Kier molecular flexibility index (Phi) is 5.42. The van der Waals surface area contributed by atoms with Crippen molar-refractivity contribution in [2.45, 2.75) is 46.1 Å². The van der Waals surface area contributed by atoms with Crippen molar-refractivity contribution in [2.75, 3.05) is 26.2 Å². The Morgan fingerprint density at radius 2 is 2.07 bits per heavy atom. The number of nitrogens with zero attached hydrogens (tertiary/aromatic N) is 3. The number of carbonyl (C=O) groups is 1. The molecular formula is C22H27F2N3O2. The van der Waals surface area contributed by atoms with Gasteiger partial charge in [0.1, 0.15) is 11.3 Å². The van der Waals surface area contributed by atoms with Crippen LogP contribution >= 0.6 is 0 Å². The number of likely N-dealkylation sites (tertiary alicyclic amines) is 2. The molecule has 1 spiro atoms. The van der Waals surface area contributed by atoms with Crippen molar-refractivity contribution in [3.8, 4) is 0 Å². The number of benzene rings is 1. The van der Waals surface area contributed by atoms with Crippen LogP contribution in [-0.2, 0) is 13.0 Å². The second-order valence-corrected chi connectivity index (χ2v) is 8.42. The lowest BCUT2D eigenvalue weighted by Crippen LogP contribution is -2.45. The molecule has 156 valence electrons. The minimum atomic E-state index is -0.803. The zero-order chi connectivity index (χ0) is 20.6. The molecule has 0 aliphatic carbocycles. The Balaban J connectivity index is 1.46. The average molecular weight is 403 g/mol. The van der Waals surface area contributed by atoms with Crippen LogP contribution < -0.4 is 0 Å². The number of hydrogen-bond donors (Lipinski definition) is 0. The van der Waals surface area contributed by atoms with Crippen LogP contribution in [0.3, 0.4) is 0 Å². The molecule has 0 unspecified atom stereocenters. The quantitative estimate of drug-likeness (QED) is 0.776. The fraction of sp³-hybridized carbons (Fsp3) is 0.545. The monoisotopic (exact) mass is 403 g/mol. The SMILES string of the molecule is CCc1noc(C)c1C(=O)N1CC[C@@]2(CCCN(Cc3cccc(F)c3F)C2)C1. The summed E-state index contributed by atoms with van der Waals surface area (Å²) >= 11 is 0. The van der Waals surface area contributed by atoms with Gasteiger partial charge in [0.25, 0.3) is 5.91 Å². The van der Waals surface area contributed by atoms with E-state index in [1.54, 1.807) is 19.1 Å². The molecule has 0 bridgehead atoms. The summed E-state index contributed by atoms with van der Waals surface area (Å²) in [5.41, 5.74) is 1.70. The van der Waals surface area contributed by atoms with Gasteiger partial charge < -0.3 is 9.42 Å². The van der Waals surface area contributed by atoms with E-state index >= 15 is 0 Å². The maximum absolute atomic E-state index is 14.1. The maximum atomic E-state index is 14.1. The smallest absolute Gasteiger partial charge is 0.259 e. The summed E-state index contributed by atoms with van der Waals surface area (Å²) in [6.07, 6.45) is 3.62. The standard InChI is InChI=1S/C22H27F2N3O2/c1-3-18-19(15(2)29-25-18)21(28)27-11-9-22(14-27)8-5-10-26(13-22)12-16-6-4-7-17(23)20(16)24/h4,6-7H,3,5,8-14H2,1-2H3/t22-/m1/s1. The highest BCUT2D eigenvalue weighted by molar-refractivity contribution is 5.96. The van der Waals surface area contributed by atoms with E-state index in [1.165, 1.54) is 0 Å². The Labute approximate surface area is 169 Å². The molecule has 3 heterocycles. The topological polar surface area (TPSA) is 49.6 Å². The highest BCUT2D eigenvalue weighted by Crippen LogP contribution is 2.40. The summed E-state index contributed by atoms with van der Waals surface area (Å²) in [4.78, 5) is 17.2. The Morgan fingerprint density at radius 3 is 2.86 bits per heavy atom. The van der Waals surface area contributed by atoms with Gasteiger partial charge in [0.15, 0.2) is 11.6 Å². The third-order valence-corrected chi connectivity index (χ3v) is 6.37. The summed E-state index contributed by atoms with van der Waals surface area (Å²) in [5, 5.41) is 4.01. The van der Waals surface area contributed by atoms with Gasteiger partial charge in [0.2, 0.25) is 0 Å². The van der Waals surface area contributed by atoms with Crippen molar-refractivity contribution in [2.24, 2.45) is 5.41 Å². The third kappa shape index (κ3) is 3.80. The number of piperidine rings is 1. The molecule has 2 aromatic rings. The molecular weight excluding hydrogens is 376 g/mol. The molecule has 0 saturated carbocycles. The molecule has 1 aromatic carbocycles. The zero-order valence-electron chi connectivity index (χ0n) is 17.0. The molecule has 2 saturated heterocycles. The minimum absolute atomic E-state index is 0.00854. The highest BCUT2D eigenvalue weighted by Gasteiger charge is 2.43. The first-order chi connectivity index (χ1) is 13.9. The van der Waals surface area contributed by atoms with Crippen LogP contribution in [0, 0.1) is 24.0 Å². The molecule has 0 radical (unpaired) electrons. The predicted octanol–water partition coefficient (Wildman–Crippen LogP) is 3.95. The van der Waals surface area contributed by atoms with Crippen LogP contribution in [0.25, 0.3) is 0 Å². The number of aryl methyl sites for hydroxylation is 2. The summed E-state index contributed by atoms with van der Waals surface area (Å²) in [6, 6.07) is 4.34. The van der Waals surface area contributed by atoms with Crippen molar-refractivity contribution in [3.63, 3.8) is 0 Å². The molecule has 2 aliphatic heterocycles. The Morgan fingerprint density at radius 1 is 1.24 bits per heavy atom. The van der Waals surface area contributed by atoms with Crippen LogP contribution in [0.15, 0.2) is 22.7 Å². The van der Waals surface area contributed by atoms with Gasteiger partial charge in [0, 0.05) is 37.2 Å². The Bertz CT molecular complexity index is 913. The lowest BCUT2D eigenvalue weighted by Gasteiger charge is -2.40. The molecule has 4 rings (SSSR count). The van der Waals surface area contributed by atoms with E-state index in [0.29, 0.717) is 48.6 Å². The first-order valence-electron chi connectivity index (χ1n) is 10.3. The van der Waals surface area contributed by atoms with E-state index in [9.17, 15) is 13.6 Å². The number of halogens is 2. The van der Waals surface area contributed by atoms with Crippen LogP contribution in [0.2, 0.25) is 0 Å². The van der Waals surface area contributed by atoms with Gasteiger partial charge in [-0.25, -0.2) is 8.78 Å². The Hall–Kier alpha value is -2.28. The van der Waals surface area contributed by atoms with E-state index in [1.807, 2.05) is 11.8 Å². The van der Waals surface area contributed by atoms with Crippen LogP contribution in [0.4, 0.5) is 8.78 Å². The molecule has 1 amide bonds. The van der Waals surface area contributed by atoms with Gasteiger partial charge in [-0.1, -0.05) is 24.2 Å². The van der Waals surface area contributed by atoms with Gasteiger partial charge >= 0.3 is 0 Å². The summed E-state index contributed by atoms with van der Waals surface area (Å²) < 4.78 is 32.9. The lowest BCUT2D eigenvalue weighted by atomic mass is 9.79. The summed E-state index contributed by atoms with van der Waals surface area (Å²) in [6.45, 7) is 7.16. The van der Waals surface area contributed by atoms with Gasteiger partial charge in [-0.05, 0) is 45.2 Å². The molecule has 5 nitrogen and oxygen atoms in total. The van der Waals surface area contributed by atoms with E-state index in [4.69, 9.17) is 4.52 Å². The lowest BCUT2D eigenvalue weighted by molar-refractivity contribution is 0.0670. The number of hydrogen-bond acceptors (Lipinski definition) is 4. The van der Waals surface area contributed by atoms with E-state index < -0.39 is 11.6 Å². The van der Waals surface area contributed by atoms with Gasteiger partial charge in [-0.3, -0.25) is 9.69 Å². The van der Waals surface area contributed by atoms with E-state index in [0.717, 1.165) is 38.4 Å². The maximum Gasteiger partial charge on any atom is 0.259 e. The summed E-state index contributed by atoms with van der Waals surface area (Å²) in [7, 11) is 0. The summed E-state index contributed by atoms with van der Waals surface area (Å²) in [5.74, 6) is -1.00. The van der Waals surface area contributed by atoms with Crippen molar-refractivity contribution in [3.05, 3.63) is 52.4 Å². The number of rotatable bonds is 4. The zero-order valence-corrected chi connectivity index (χ0v) is 17.0. The molecule has 2 fully saturated rings. The van der Waals surface area contributed by atoms with Gasteiger partial charge in [0.05, 0.1) is 5.69 Å². The molecule has 7 heteroatoms. The first kappa shape index (κ1) is 20.0. The molecule has 1 atom stereocenters. The number of amides is 1. The molecule has 2 aliphatic rings. The third-order valence-electron chi connectivity index (χ3n) is 6.37. The van der Waals surface area contributed by atoms with Crippen LogP contribution in [0.1, 0.15) is 53.6 Å². The fourth-order valence-electron chi connectivity index (χ4n) is 4.89. The normalized spacial score (nSPS) is 22.6. The van der Waals surface area contributed by atoms with Crippen molar-refractivity contribution in [1.29, 1.82) is 0 Å². The average Bonchev–Trinajstić information content (AvgIpc) is 3.28. The number of aromatic nitrogens is 1. The second-order valence-electron chi connectivity index (χ2n) is 8.42. The van der Waals surface area contributed by atoms with Crippen molar-refractivity contribution >= 4 is 5.91 Å². The molecule has 1 aromatic heterocycles. The van der Waals surface area contributed by atoms with Gasteiger partial charge in [-0.2, -0.15) is 0 Å². The second kappa shape index (κ2) is 7.86. The molecule has 0 N–H and O–H groups in total. The largest absolute Gasteiger partial charge is 0.361 e. The highest BCUT2D eigenvalue weighted by atomic mass is 19.2. The van der Waals surface area contributed by atoms with Crippen LogP contribution in [0.5, 0.6) is 0 Å².